The molecule has 124 valence electrons. The molecule has 0 heterocycles. The molecule has 0 saturated heterocycles. The lowest BCUT2D eigenvalue weighted by molar-refractivity contribution is -0.137. The number of nitrogens with zero attached hydrogens (tertiary/aromatic N) is 1. The van der Waals surface area contributed by atoms with E-state index < -0.39 is 5.97 Å². The highest BCUT2D eigenvalue weighted by molar-refractivity contribution is 5.97. The number of carbonyl (C=O) groups excluding carboxylic acids is 1. The van der Waals surface area contributed by atoms with Crippen LogP contribution in [0.25, 0.3) is 6.08 Å². The molecule has 0 fully saturated rings. The van der Waals surface area contributed by atoms with Gasteiger partial charge in [0.25, 0.3) is 0 Å². The summed E-state index contributed by atoms with van der Waals surface area (Å²) >= 11 is 0. The van der Waals surface area contributed by atoms with E-state index in [-0.39, 0.29) is 12.2 Å². The fraction of sp³-hybridized carbons (Fsp3) is 0.444. The molecular formula is C18H23NO4. The summed E-state index contributed by atoms with van der Waals surface area (Å²) in [6.45, 7) is 4.69. The van der Waals surface area contributed by atoms with Gasteiger partial charge >= 0.3 is 5.97 Å². The van der Waals surface area contributed by atoms with Crippen molar-refractivity contribution in [2.45, 2.75) is 33.1 Å². The minimum atomic E-state index is -0.631. The number of hydrogen-bond donors (Lipinski definition) is 0. The summed E-state index contributed by atoms with van der Waals surface area (Å²) in [5, 5.41) is 9.06. The lowest BCUT2D eigenvalue weighted by Crippen LogP contribution is -2.06. The molecule has 5 heteroatoms. The quantitative estimate of drug-likeness (QED) is 0.300. The van der Waals surface area contributed by atoms with E-state index in [0.717, 1.165) is 19.3 Å². The summed E-state index contributed by atoms with van der Waals surface area (Å²) in [7, 11) is 1.55. The van der Waals surface area contributed by atoms with Crippen molar-refractivity contribution in [3.63, 3.8) is 0 Å². The molecule has 0 aliphatic heterocycles. The van der Waals surface area contributed by atoms with Crippen LogP contribution in [-0.4, -0.2) is 26.3 Å². The first kappa shape index (κ1) is 18.6. The zero-order chi connectivity index (χ0) is 17.1. The highest BCUT2D eigenvalue weighted by atomic mass is 16.5. The van der Waals surface area contributed by atoms with E-state index in [1.54, 1.807) is 32.2 Å². The normalized spacial score (nSPS) is 10.8. The molecule has 0 atom stereocenters. The van der Waals surface area contributed by atoms with Crippen LogP contribution in [0.15, 0.2) is 23.8 Å². The zero-order valence-electron chi connectivity index (χ0n) is 13.9. The maximum absolute atomic E-state index is 11.6. The average molecular weight is 317 g/mol. The Morgan fingerprint density at radius 3 is 2.65 bits per heavy atom. The second-order valence-corrected chi connectivity index (χ2v) is 4.86. The topological polar surface area (TPSA) is 68.5 Å². The monoisotopic (exact) mass is 317 g/mol. The minimum absolute atomic E-state index is 0.0504. The third-order valence-electron chi connectivity index (χ3n) is 3.12. The first-order valence-electron chi connectivity index (χ1n) is 7.76. The number of esters is 1. The predicted molar refractivity (Wildman–Crippen MR) is 88.2 cm³/mol. The van der Waals surface area contributed by atoms with Crippen molar-refractivity contribution in [1.82, 2.24) is 0 Å². The van der Waals surface area contributed by atoms with Gasteiger partial charge in [0.05, 0.1) is 20.3 Å². The second kappa shape index (κ2) is 10.3. The Labute approximate surface area is 137 Å². The van der Waals surface area contributed by atoms with Crippen LogP contribution in [0, 0.1) is 11.3 Å². The molecule has 0 saturated carbocycles. The molecule has 0 spiro atoms. The van der Waals surface area contributed by atoms with Gasteiger partial charge in [-0.05, 0) is 37.1 Å². The van der Waals surface area contributed by atoms with Crippen LogP contribution in [0.1, 0.15) is 38.7 Å². The number of rotatable bonds is 9. The van der Waals surface area contributed by atoms with E-state index in [9.17, 15) is 4.79 Å². The average Bonchev–Trinajstić information content (AvgIpc) is 2.57. The highest BCUT2D eigenvalue weighted by Crippen LogP contribution is 2.29. The zero-order valence-corrected chi connectivity index (χ0v) is 13.9. The Bertz CT molecular complexity index is 587. The van der Waals surface area contributed by atoms with Gasteiger partial charge in [0.1, 0.15) is 11.6 Å². The van der Waals surface area contributed by atoms with Gasteiger partial charge in [0, 0.05) is 0 Å². The Morgan fingerprint density at radius 2 is 2.04 bits per heavy atom. The van der Waals surface area contributed by atoms with Crippen LogP contribution in [0.2, 0.25) is 0 Å². The number of hydrogen-bond acceptors (Lipinski definition) is 5. The minimum Gasteiger partial charge on any atom is -0.493 e. The molecule has 1 rings (SSSR count). The number of unbranched alkanes of at least 4 members (excludes halogenated alkanes) is 2. The van der Waals surface area contributed by atoms with Gasteiger partial charge in [-0.3, -0.25) is 0 Å². The molecule has 0 aliphatic carbocycles. The van der Waals surface area contributed by atoms with E-state index in [0.29, 0.717) is 23.7 Å². The molecule has 0 amide bonds. The van der Waals surface area contributed by atoms with Crippen molar-refractivity contribution in [1.29, 1.82) is 5.26 Å². The molecule has 0 aliphatic rings. The first-order chi connectivity index (χ1) is 11.2. The molecule has 0 aromatic heterocycles. The van der Waals surface area contributed by atoms with Gasteiger partial charge in [-0.2, -0.15) is 5.26 Å². The number of carbonyl (C=O) groups is 1. The van der Waals surface area contributed by atoms with Crippen molar-refractivity contribution in [2.24, 2.45) is 0 Å². The number of nitriles is 1. The van der Waals surface area contributed by atoms with Gasteiger partial charge in [-0.25, -0.2) is 4.79 Å². The highest BCUT2D eigenvalue weighted by Gasteiger charge is 2.11. The van der Waals surface area contributed by atoms with Crippen molar-refractivity contribution in [3.8, 4) is 17.6 Å². The summed E-state index contributed by atoms with van der Waals surface area (Å²) in [4.78, 5) is 11.6. The molecule has 23 heavy (non-hydrogen) atoms. The first-order valence-corrected chi connectivity index (χ1v) is 7.76. The lowest BCUT2D eigenvalue weighted by atomic mass is 10.1. The standard InChI is InChI=1S/C18H23NO4/c1-4-6-7-10-23-16-9-8-14(12-17(16)21-3)11-15(13-19)18(20)22-5-2/h8-9,11-12H,4-7,10H2,1-3H3/b15-11-. The Kier molecular flexibility index (Phi) is 8.30. The summed E-state index contributed by atoms with van der Waals surface area (Å²) in [5.74, 6) is 0.584. The van der Waals surface area contributed by atoms with E-state index in [1.807, 2.05) is 6.07 Å². The van der Waals surface area contributed by atoms with E-state index in [1.165, 1.54) is 6.08 Å². The van der Waals surface area contributed by atoms with Gasteiger partial charge in [-0.15, -0.1) is 0 Å². The Balaban J connectivity index is 2.89. The van der Waals surface area contributed by atoms with Gasteiger partial charge < -0.3 is 14.2 Å². The smallest absolute Gasteiger partial charge is 0.348 e. The number of benzene rings is 1. The largest absolute Gasteiger partial charge is 0.493 e. The predicted octanol–water partition coefficient (Wildman–Crippen LogP) is 3.73. The molecule has 0 N–H and O–H groups in total. The van der Waals surface area contributed by atoms with Crippen molar-refractivity contribution in [3.05, 3.63) is 29.3 Å². The van der Waals surface area contributed by atoms with Crippen molar-refractivity contribution in [2.75, 3.05) is 20.3 Å². The Hall–Kier alpha value is -2.48. The van der Waals surface area contributed by atoms with Crippen LogP contribution in [0.4, 0.5) is 0 Å². The van der Waals surface area contributed by atoms with Crippen LogP contribution < -0.4 is 9.47 Å². The summed E-state index contributed by atoms with van der Waals surface area (Å²) in [6, 6.07) is 7.12. The molecule has 0 radical (unpaired) electrons. The third-order valence-corrected chi connectivity index (χ3v) is 3.12. The summed E-state index contributed by atoms with van der Waals surface area (Å²) in [5.41, 5.74) is 0.623. The van der Waals surface area contributed by atoms with Crippen molar-refractivity contribution < 1.29 is 19.0 Å². The molecule has 0 unspecified atom stereocenters. The maximum Gasteiger partial charge on any atom is 0.348 e. The SMILES string of the molecule is CCCCCOc1ccc(/C=C(/C#N)C(=O)OCC)cc1OC. The van der Waals surface area contributed by atoms with Gasteiger partial charge in [-0.1, -0.05) is 25.8 Å². The lowest BCUT2D eigenvalue weighted by Gasteiger charge is -2.11. The van der Waals surface area contributed by atoms with Crippen LogP contribution in [-0.2, 0) is 9.53 Å². The van der Waals surface area contributed by atoms with Crippen LogP contribution in [0.5, 0.6) is 11.5 Å². The second-order valence-electron chi connectivity index (χ2n) is 4.86. The molecule has 1 aromatic rings. The Morgan fingerprint density at radius 1 is 1.26 bits per heavy atom. The van der Waals surface area contributed by atoms with Crippen molar-refractivity contribution >= 4 is 12.0 Å². The van der Waals surface area contributed by atoms with Gasteiger partial charge in [0.15, 0.2) is 11.5 Å². The van der Waals surface area contributed by atoms with E-state index >= 15 is 0 Å². The number of methoxy groups -OCH3 is 1. The number of ether oxygens (including phenoxy) is 3. The fourth-order valence-electron chi connectivity index (χ4n) is 1.94. The van der Waals surface area contributed by atoms with Crippen LogP contribution in [0.3, 0.4) is 0 Å². The molecule has 1 aromatic carbocycles. The molecule has 0 bridgehead atoms. The summed E-state index contributed by atoms with van der Waals surface area (Å²) < 4.78 is 15.9. The van der Waals surface area contributed by atoms with E-state index in [4.69, 9.17) is 19.5 Å². The summed E-state index contributed by atoms with van der Waals surface area (Å²) in [6.07, 6.45) is 4.72. The van der Waals surface area contributed by atoms with E-state index in [2.05, 4.69) is 6.92 Å². The van der Waals surface area contributed by atoms with Crippen LogP contribution >= 0.6 is 0 Å². The maximum atomic E-state index is 11.6. The molecular weight excluding hydrogens is 294 g/mol. The molecule has 5 nitrogen and oxygen atoms in total. The van der Waals surface area contributed by atoms with Gasteiger partial charge in [0.2, 0.25) is 0 Å². The fourth-order valence-corrected chi connectivity index (χ4v) is 1.94. The third kappa shape index (κ3) is 6.03.